The summed E-state index contributed by atoms with van der Waals surface area (Å²) in [6.07, 6.45) is 3.30. The number of hydrogen-bond donors (Lipinski definition) is 1. The maximum atomic E-state index is 10.4. The van der Waals surface area contributed by atoms with Crippen molar-refractivity contribution >= 4 is 6.09 Å². The van der Waals surface area contributed by atoms with Gasteiger partial charge < -0.3 is 15.2 Å². The Labute approximate surface area is 72.0 Å². The minimum Gasteiger partial charge on any atom is -0.446 e. The van der Waals surface area contributed by atoms with Gasteiger partial charge in [-0.25, -0.2) is 4.79 Å². The topological polar surface area (TPSA) is 61.6 Å². The Kier molecular flexibility index (Phi) is 3.34. The Balaban J connectivity index is 2.21. The lowest BCUT2D eigenvalue weighted by Gasteiger charge is -2.26. The van der Waals surface area contributed by atoms with Gasteiger partial charge in [-0.2, -0.15) is 0 Å². The predicted octanol–water partition coefficient (Wildman–Crippen LogP) is 1.04. The van der Waals surface area contributed by atoms with Crippen molar-refractivity contribution in [1.29, 1.82) is 0 Å². The molecular formula is C8H15NO3. The van der Waals surface area contributed by atoms with E-state index in [-0.39, 0.29) is 6.10 Å². The molecule has 0 spiro atoms. The van der Waals surface area contributed by atoms with E-state index in [9.17, 15) is 4.79 Å². The van der Waals surface area contributed by atoms with E-state index in [1.807, 2.05) is 0 Å². The Morgan fingerprint density at radius 3 is 2.17 bits per heavy atom. The number of amides is 1. The lowest BCUT2D eigenvalue weighted by molar-refractivity contribution is 0.0159. The van der Waals surface area contributed by atoms with Gasteiger partial charge in [0.1, 0.15) is 6.10 Å². The van der Waals surface area contributed by atoms with Gasteiger partial charge in [0, 0.05) is 7.11 Å². The van der Waals surface area contributed by atoms with Crippen LogP contribution in [0.1, 0.15) is 25.7 Å². The van der Waals surface area contributed by atoms with Crippen molar-refractivity contribution in [2.45, 2.75) is 37.9 Å². The molecule has 0 aromatic heterocycles. The van der Waals surface area contributed by atoms with Crippen LogP contribution in [0.25, 0.3) is 0 Å². The molecule has 12 heavy (non-hydrogen) atoms. The van der Waals surface area contributed by atoms with Crippen molar-refractivity contribution < 1.29 is 14.3 Å². The number of hydrogen-bond acceptors (Lipinski definition) is 3. The quantitative estimate of drug-likeness (QED) is 0.678. The van der Waals surface area contributed by atoms with Gasteiger partial charge in [0.15, 0.2) is 0 Å². The second kappa shape index (κ2) is 4.30. The summed E-state index contributed by atoms with van der Waals surface area (Å²) in [6, 6.07) is 0. The first-order chi connectivity index (χ1) is 5.72. The van der Waals surface area contributed by atoms with E-state index in [4.69, 9.17) is 15.2 Å². The van der Waals surface area contributed by atoms with Gasteiger partial charge in [-0.05, 0) is 25.7 Å². The molecule has 0 aromatic carbocycles. The van der Waals surface area contributed by atoms with Gasteiger partial charge in [-0.1, -0.05) is 0 Å². The highest BCUT2D eigenvalue weighted by Crippen LogP contribution is 2.22. The second-order valence-electron chi connectivity index (χ2n) is 3.07. The van der Waals surface area contributed by atoms with Crippen LogP contribution in [-0.2, 0) is 9.47 Å². The first kappa shape index (κ1) is 9.32. The fourth-order valence-corrected chi connectivity index (χ4v) is 1.55. The van der Waals surface area contributed by atoms with Crippen molar-refractivity contribution in [3.05, 3.63) is 0 Å². The Bertz CT molecular complexity index is 152. The van der Waals surface area contributed by atoms with E-state index in [1.165, 1.54) is 0 Å². The van der Waals surface area contributed by atoms with Gasteiger partial charge in [0.25, 0.3) is 0 Å². The minimum absolute atomic E-state index is 0.00824. The van der Waals surface area contributed by atoms with Crippen molar-refractivity contribution in [3.63, 3.8) is 0 Å². The summed E-state index contributed by atoms with van der Waals surface area (Å²) in [4.78, 5) is 10.4. The number of nitrogens with two attached hydrogens (primary N) is 1. The van der Waals surface area contributed by atoms with E-state index in [1.54, 1.807) is 7.11 Å². The number of rotatable bonds is 2. The molecule has 0 unspecified atom stereocenters. The van der Waals surface area contributed by atoms with Crippen molar-refractivity contribution in [2.75, 3.05) is 7.11 Å². The highest BCUT2D eigenvalue weighted by atomic mass is 16.6. The van der Waals surface area contributed by atoms with Crippen LogP contribution in [0.15, 0.2) is 0 Å². The molecule has 0 atom stereocenters. The summed E-state index contributed by atoms with van der Waals surface area (Å²) in [5.74, 6) is 0. The molecular weight excluding hydrogens is 158 g/mol. The molecule has 4 nitrogen and oxygen atoms in total. The zero-order valence-corrected chi connectivity index (χ0v) is 7.29. The van der Waals surface area contributed by atoms with Crippen LogP contribution in [0.3, 0.4) is 0 Å². The summed E-state index contributed by atoms with van der Waals surface area (Å²) in [5, 5.41) is 0. The van der Waals surface area contributed by atoms with E-state index in [0.29, 0.717) is 6.10 Å². The third-order valence-corrected chi connectivity index (χ3v) is 2.24. The van der Waals surface area contributed by atoms with E-state index < -0.39 is 6.09 Å². The molecule has 1 amide bonds. The molecule has 2 N–H and O–H groups in total. The fourth-order valence-electron chi connectivity index (χ4n) is 1.55. The van der Waals surface area contributed by atoms with Crippen LogP contribution in [0.5, 0.6) is 0 Å². The number of ether oxygens (including phenoxy) is 2. The third-order valence-electron chi connectivity index (χ3n) is 2.24. The van der Waals surface area contributed by atoms with Crippen LogP contribution < -0.4 is 5.73 Å². The SMILES string of the molecule is COC1CCC(OC(N)=O)CC1. The smallest absolute Gasteiger partial charge is 0.404 e. The largest absolute Gasteiger partial charge is 0.446 e. The van der Waals surface area contributed by atoms with Gasteiger partial charge >= 0.3 is 6.09 Å². The molecule has 0 heterocycles. The monoisotopic (exact) mass is 173 g/mol. The third kappa shape index (κ3) is 2.70. The number of carbonyl (C=O) groups excluding carboxylic acids is 1. The summed E-state index contributed by atoms with van der Waals surface area (Å²) in [5.41, 5.74) is 4.90. The standard InChI is InChI=1S/C8H15NO3/c1-11-6-2-4-7(5-3-6)12-8(9)10/h6-7H,2-5H2,1H3,(H2,9,10). The van der Waals surface area contributed by atoms with Crippen molar-refractivity contribution in [2.24, 2.45) is 5.73 Å². The molecule has 1 rings (SSSR count). The molecule has 0 aromatic rings. The Hall–Kier alpha value is -0.770. The average molecular weight is 173 g/mol. The van der Waals surface area contributed by atoms with Crippen LogP contribution >= 0.6 is 0 Å². The molecule has 0 radical (unpaired) electrons. The van der Waals surface area contributed by atoms with Gasteiger partial charge in [0.2, 0.25) is 0 Å². The highest BCUT2D eigenvalue weighted by Gasteiger charge is 2.22. The lowest BCUT2D eigenvalue weighted by Crippen LogP contribution is -2.29. The number of primary amides is 1. The summed E-state index contributed by atoms with van der Waals surface area (Å²) in [6.45, 7) is 0. The maximum Gasteiger partial charge on any atom is 0.404 e. The Morgan fingerprint density at radius 1 is 1.25 bits per heavy atom. The summed E-state index contributed by atoms with van der Waals surface area (Å²) >= 11 is 0. The average Bonchev–Trinajstić information content (AvgIpc) is 2.05. The zero-order valence-electron chi connectivity index (χ0n) is 7.29. The number of methoxy groups -OCH3 is 1. The first-order valence-electron chi connectivity index (χ1n) is 4.21. The molecule has 0 aliphatic heterocycles. The maximum absolute atomic E-state index is 10.4. The first-order valence-corrected chi connectivity index (χ1v) is 4.21. The lowest BCUT2D eigenvalue weighted by atomic mass is 9.95. The normalized spacial score (nSPS) is 29.8. The molecule has 1 fully saturated rings. The van der Waals surface area contributed by atoms with Crippen molar-refractivity contribution in [3.8, 4) is 0 Å². The van der Waals surface area contributed by atoms with Crippen LogP contribution in [0, 0.1) is 0 Å². The van der Waals surface area contributed by atoms with E-state index in [0.717, 1.165) is 25.7 Å². The van der Waals surface area contributed by atoms with Gasteiger partial charge in [-0.3, -0.25) is 0 Å². The van der Waals surface area contributed by atoms with Crippen molar-refractivity contribution in [1.82, 2.24) is 0 Å². The van der Waals surface area contributed by atoms with Gasteiger partial charge in [-0.15, -0.1) is 0 Å². The molecule has 0 bridgehead atoms. The van der Waals surface area contributed by atoms with Gasteiger partial charge in [0.05, 0.1) is 6.10 Å². The fraction of sp³-hybridized carbons (Fsp3) is 0.875. The Morgan fingerprint density at radius 2 is 1.75 bits per heavy atom. The van der Waals surface area contributed by atoms with Crippen LogP contribution in [-0.4, -0.2) is 25.4 Å². The molecule has 1 aliphatic rings. The molecule has 4 heteroatoms. The predicted molar refractivity (Wildman–Crippen MR) is 43.7 cm³/mol. The highest BCUT2D eigenvalue weighted by molar-refractivity contribution is 5.64. The summed E-state index contributed by atoms with van der Waals surface area (Å²) < 4.78 is 10.0. The second-order valence-corrected chi connectivity index (χ2v) is 3.07. The summed E-state index contributed by atoms with van der Waals surface area (Å²) in [7, 11) is 1.71. The van der Waals surface area contributed by atoms with E-state index in [2.05, 4.69) is 0 Å². The van der Waals surface area contributed by atoms with E-state index >= 15 is 0 Å². The van der Waals surface area contributed by atoms with Crippen LogP contribution in [0.2, 0.25) is 0 Å². The minimum atomic E-state index is -0.670. The molecule has 1 aliphatic carbocycles. The number of carbonyl (C=O) groups is 1. The van der Waals surface area contributed by atoms with Crippen LogP contribution in [0.4, 0.5) is 4.79 Å². The zero-order chi connectivity index (χ0) is 8.97. The molecule has 0 saturated heterocycles. The molecule has 70 valence electrons. The molecule has 1 saturated carbocycles.